The van der Waals surface area contributed by atoms with Crippen molar-refractivity contribution in [1.29, 1.82) is 0 Å². The number of benzene rings is 2. The first-order valence-electron chi connectivity index (χ1n) is 9.29. The highest BCUT2D eigenvalue weighted by Crippen LogP contribution is 2.20. The second-order valence-corrected chi connectivity index (χ2v) is 8.47. The number of carbonyl (C=O) groups excluding carboxylic acids is 2. The summed E-state index contributed by atoms with van der Waals surface area (Å²) in [5.74, 6) is -0.652. The van der Waals surface area contributed by atoms with Crippen molar-refractivity contribution >= 4 is 33.6 Å². The molecule has 0 bridgehead atoms. The van der Waals surface area contributed by atoms with Gasteiger partial charge >= 0.3 is 0 Å². The molecule has 8 heteroatoms. The average molecular weight is 413 g/mol. The minimum absolute atomic E-state index is 0.147. The highest BCUT2D eigenvalue weighted by Gasteiger charge is 2.26. The minimum atomic E-state index is -3.67. The third-order valence-corrected chi connectivity index (χ3v) is 5.83. The fourth-order valence-corrected chi connectivity index (χ4v) is 4.03. The number of hydrogen-bond donors (Lipinski definition) is 2. The van der Waals surface area contributed by atoms with Gasteiger partial charge in [-0.1, -0.05) is 30.3 Å². The molecule has 1 fully saturated rings. The van der Waals surface area contributed by atoms with Crippen LogP contribution in [-0.4, -0.2) is 38.2 Å². The van der Waals surface area contributed by atoms with E-state index >= 15 is 0 Å². The Kier molecular flexibility index (Phi) is 6.33. The molecule has 1 aliphatic rings. The molecule has 0 saturated carbocycles. The predicted octanol–water partition coefficient (Wildman–Crippen LogP) is 2.44. The molecule has 0 atom stereocenters. The molecule has 0 unspecified atom stereocenters. The van der Waals surface area contributed by atoms with Gasteiger partial charge < -0.3 is 10.6 Å². The van der Waals surface area contributed by atoms with E-state index in [0.717, 1.165) is 11.0 Å². The number of carbonyl (C=O) groups is 2. The summed E-state index contributed by atoms with van der Waals surface area (Å²) < 4.78 is 26.9. The van der Waals surface area contributed by atoms with Gasteiger partial charge in [-0.05, 0) is 48.7 Å². The lowest BCUT2D eigenvalue weighted by atomic mass is 9.96. The number of amides is 2. The summed E-state index contributed by atoms with van der Waals surface area (Å²) in [5, 5.41) is 1.10. The van der Waals surface area contributed by atoms with Gasteiger partial charge in [0.15, 0.2) is 0 Å². The number of nitrogens with zero attached hydrogens (tertiary/aromatic N) is 1. The number of nitrogens with two attached hydrogens (primary N) is 1. The van der Waals surface area contributed by atoms with Gasteiger partial charge in [0.1, 0.15) is 0 Å². The van der Waals surface area contributed by atoms with Crippen LogP contribution in [0.2, 0.25) is 0 Å². The first-order valence-corrected chi connectivity index (χ1v) is 10.8. The molecular weight excluding hydrogens is 390 g/mol. The zero-order valence-electron chi connectivity index (χ0n) is 15.8. The Bertz CT molecular complexity index is 994. The summed E-state index contributed by atoms with van der Waals surface area (Å²) >= 11 is 0. The smallest absolute Gasteiger partial charge is 0.255 e. The van der Waals surface area contributed by atoms with Gasteiger partial charge in [-0.25, -0.2) is 8.42 Å². The molecule has 1 aliphatic heterocycles. The Morgan fingerprint density at radius 3 is 2.21 bits per heavy atom. The van der Waals surface area contributed by atoms with Crippen LogP contribution in [0.25, 0.3) is 6.08 Å². The number of nitrogens with one attached hydrogen (secondary N) is 1. The van der Waals surface area contributed by atoms with Crippen molar-refractivity contribution in [3.05, 3.63) is 71.1 Å². The lowest BCUT2D eigenvalue weighted by Crippen LogP contribution is -2.41. The molecule has 1 heterocycles. The second-order valence-electron chi connectivity index (χ2n) is 6.91. The van der Waals surface area contributed by atoms with Crippen molar-refractivity contribution in [3.63, 3.8) is 0 Å². The van der Waals surface area contributed by atoms with Gasteiger partial charge in [0.25, 0.3) is 15.9 Å². The molecule has 3 rings (SSSR count). The third-order valence-electron chi connectivity index (χ3n) is 4.82. The molecule has 29 heavy (non-hydrogen) atoms. The van der Waals surface area contributed by atoms with E-state index in [2.05, 4.69) is 4.72 Å². The Morgan fingerprint density at radius 1 is 1.00 bits per heavy atom. The molecule has 2 aromatic rings. The first kappa shape index (κ1) is 20.6. The fourth-order valence-electron chi connectivity index (χ4n) is 3.16. The van der Waals surface area contributed by atoms with Gasteiger partial charge in [-0.3, -0.25) is 14.3 Å². The number of anilines is 1. The Hall–Kier alpha value is -3.13. The van der Waals surface area contributed by atoms with Gasteiger partial charge in [-0.2, -0.15) is 0 Å². The van der Waals surface area contributed by atoms with Crippen LogP contribution in [-0.2, 0) is 14.8 Å². The largest absolute Gasteiger partial charge is 0.369 e. The maximum absolute atomic E-state index is 12.6. The maximum atomic E-state index is 12.6. The topological polar surface area (TPSA) is 110 Å². The van der Waals surface area contributed by atoms with Crippen LogP contribution in [0.3, 0.4) is 0 Å². The van der Waals surface area contributed by atoms with E-state index in [1.54, 1.807) is 41.3 Å². The summed E-state index contributed by atoms with van der Waals surface area (Å²) in [6, 6.07) is 15.4. The van der Waals surface area contributed by atoms with Crippen LogP contribution in [0, 0.1) is 5.92 Å². The Labute approximate surface area is 170 Å². The number of sulfonamides is 1. The monoisotopic (exact) mass is 413 g/mol. The predicted molar refractivity (Wildman–Crippen MR) is 112 cm³/mol. The summed E-state index contributed by atoms with van der Waals surface area (Å²) in [6.45, 7) is 0.955. The van der Waals surface area contributed by atoms with Gasteiger partial charge in [-0.15, -0.1) is 0 Å². The van der Waals surface area contributed by atoms with Gasteiger partial charge in [0, 0.05) is 30.3 Å². The number of hydrogen-bond acceptors (Lipinski definition) is 4. The quantitative estimate of drug-likeness (QED) is 0.758. The van der Waals surface area contributed by atoms with E-state index in [1.165, 1.54) is 6.08 Å². The molecule has 2 aromatic carbocycles. The van der Waals surface area contributed by atoms with Crippen LogP contribution < -0.4 is 10.5 Å². The van der Waals surface area contributed by atoms with Crippen molar-refractivity contribution in [2.24, 2.45) is 11.7 Å². The Morgan fingerprint density at radius 2 is 1.62 bits per heavy atom. The van der Waals surface area contributed by atoms with Crippen LogP contribution in [0.5, 0.6) is 0 Å². The summed E-state index contributed by atoms with van der Waals surface area (Å²) in [4.78, 5) is 25.5. The molecule has 0 aliphatic carbocycles. The van der Waals surface area contributed by atoms with Gasteiger partial charge in [0.2, 0.25) is 5.91 Å². The van der Waals surface area contributed by atoms with Crippen molar-refractivity contribution in [2.45, 2.75) is 12.8 Å². The SMILES string of the molecule is NC(=O)C1CCN(C(=O)c2ccc(NS(=O)(=O)/C=C/c3ccccc3)cc2)CC1. The van der Waals surface area contributed by atoms with Crippen molar-refractivity contribution in [2.75, 3.05) is 17.8 Å². The molecule has 3 N–H and O–H groups in total. The number of rotatable bonds is 6. The van der Waals surface area contributed by atoms with E-state index in [1.807, 2.05) is 18.2 Å². The molecule has 0 spiro atoms. The number of primary amides is 1. The van der Waals surface area contributed by atoms with E-state index < -0.39 is 10.0 Å². The van der Waals surface area contributed by atoms with E-state index in [0.29, 0.717) is 37.2 Å². The normalized spacial score (nSPS) is 15.4. The number of likely N-dealkylation sites (tertiary alicyclic amines) is 1. The van der Waals surface area contributed by atoms with Crippen molar-refractivity contribution < 1.29 is 18.0 Å². The Balaban J connectivity index is 1.60. The molecule has 152 valence electrons. The molecule has 7 nitrogen and oxygen atoms in total. The fraction of sp³-hybridized carbons (Fsp3) is 0.238. The molecule has 0 aromatic heterocycles. The standard InChI is InChI=1S/C21H23N3O4S/c22-20(25)17-10-13-24(14-11-17)21(26)18-6-8-19(9-7-18)23-29(27,28)15-12-16-4-2-1-3-5-16/h1-9,12,15,17,23H,10-11,13-14H2,(H2,22,25)/b15-12+. The number of piperidine rings is 1. The van der Waals surface area contributed by atoms with Crippen molar-refractivity contribution in [1.82, 2.24) is 4.90 Å². The minimum Gasteiger partial charge on any atom is -0.369 e. The molecule has 0 radical (unpaired) electrons. The molecule has 1 saturated heterocycles. The third kappa shape index (κ3) is 5.68. The van der Waals surface area contributed by atoms with Crippen LogP contribution >= 0.6 is 0 Å². The van der Waals surface area contributed by atoms with Crippen LogP contribution in [0.15, 0.2) is 60.0 Å². The first-order chi connectivity index (χ1) is 13.8. The highest BCUT2D eigenvalue weighted by atomic mass is 32.2. The lowest BCUT2D eigenvalue weighted by Gasteiger charge is -2.30. The maximum Gasteiger partial charge on any atom is 0.255 e. The highest BCUT2D eigenvalue weighted by molar-refractivity contribution is 7.95. The summed E-state index contributed by atoms with van der Waals surface area (Å²) in [7, 11) is -3.67. The van der Waals surface area contributed by atoms with Crippen LogP contribution in [0.1, 0.15) is 28.8 Å². The van der Waals surface area contributed by atoms with E-state index in [9.17, 15) is 18.0 Å². The average Bonchev–Trinajstić information content (AvgIpc) is 2.73. The summed E-state index contributed by atoms with van der Waals surface area (Å²) in [5.41, 5.74) is 6.93. The van der Waals surface area contributed by atoms with E-state index in [4.69, 9.17) is 5.73 Å². The lowest BCUT2D eigenvalue weighted by molar-refractivity contribution is -0.123. The summed E-state index contributed by atoms with van der Waals surface area (Å²) in [6.07, 6.45) is 2.63. The van der Waals surface area contributed by atoms with Gasteiger partial charge in [0.05, 0.1) is 5.41 Å². The second kappa shape index (κ2) is 8.91. The van der Waals surface area contributed by atoms with Crippen molar-refractivity contribution in [3.8, 4) is 0 Å². The zero-order valence-corrected chi connectivity index (χ0v) is 16.6. The molecule has 2 amide bonds. The van der Waals surface area contributed by atoms with Crippen LogP contribution in [0.4, 0.5) is 5.69 Å². The zero-order chi connectivity index (χ0) is 20.9. The van der Waals surface area contributed by atoms with E-state index in [-0.39, 0.29) is 17.7 Å². The molecular formula is C21H23N3O4S.